The van der Waals surface area contributed by atoms with E-state index in [0.29, 0.717) is 43.8 Å². The maximum Gasteiger partial charge on any atom is 0.356 e. The van der Waals surface area contributed by atoms with Crippen LogP contribution in [0.2, 0.25) is 0 Å². The first kappa shape index (κ1) is 14.9. The molecule has 0 atom stereocenters. The van der Waals surface area contributed by atoms with Gasteiger partial charge in [0.2, 0.25) is 5.91 Å². The maximum absolute atomic E-state index is 11.9. The number of ether oxygens (including phenoxy) is 2. The molecule has 2 rings (SSSR count). The van der Waals surface area contributed by atoms with Crippen LogP contribution in [0, 0.1) is 0 Å². The second-order valence-corrected chi connectivity index (χ2v) is 5.07. The maximum atomic E-state index is 11.9. The monoisotopic (exact) mass is 299 g/mol. The lowest BCUT2D eigenvalue weighted by Crippen LogP contribution is -2.41. The van der Waals surface area contributed by atoms with Gasteiger partial charge in [0, 0.05) is 13.1 Å². The number of H-pyrrole nitrogens is 1. The molecule has 0 bridgehead atoms. The molecule has 20 heavy (non-hydrogen) atoms. The zero-order valence-electron chi connectivity index (χ0n) is 11.3. The second-order valence-electron chi connectivity index (χ2n) is 4.10. The first-order valence-corrected chi connectivity index (χ1v) is 7.39. The van der Waals surface area contributed by atoms with Crippen LogP contribution in [0.4, 0.5) is 0 Å². The van der Waals surface area contributed by atoms with E-state index >= 15 is 0 Å². The van der Waals surface area contributed by atoms with Crippen LogP contribution < -0.4 is 0 Å². The van der Waals surface area contributed by atoms with E-state index in [9.17, 15) is 9.59 Å². The summed E-state index contributed by atoms with van der Waals surface area (Å²) in [6.45, 7) is 4.49. The number of thioether (sulfide) groups is 1. The molecular weight excluding hydrogens is 282 g/mol. The number of rotatable bonds is 5. The molecule has 1 aromatic rings. The molecule has 0 saturated carbocycles. The number of hydrogen-bond donors (Lipinski definition) is 1. The first-order valence-electron chi connectivity index (χ1n) is 6.41. The van der Waals surface area contributed by atoms with Crippen molar-refractivity contribution in [3.63, 3.8) is 0 Å². The average Bonchev–Trinajstić information content (AvgIpc) is 2.95. The normalized spacial score (nSPS) is 15.2. The van der Waals surface area contributed by atoms with Crippen LogP contribution in [-0.4, -0.2) is 65.4 Å². The Kier molecular flexibility index (Phi) is 5.42. The summed E-state index contributed by atoms with van der Waals surface area (Å²) < 4.78 is 10.0. The molecule has 1 aromatic heterocycles. The third-order valence-corrected chi connectivity index (χ3v) is 3.62. The molecule has 0 aromatic carbocycles. The number of amides is 1. The second kappa shape index (κ2) is 7.30. The fourth-order valence-corrected chi connectivity index (χ4v) is 2.48. The van der Waals surface area contributed by atoms with E-state index in [0.717, 1.165) is 0 Å². The summed E-state index contributed by atoms with van der Waals surface area (Å²) in [4.78, 5) is 32.0. The van der Waals surface area contributed by atoms with Gasteiger partial charge in [-0.1, -0.05) is 11.8 Å². The summed E-state index contributed by atoms with van der Waals surface area (Å²) >= 11 is 1.27. The Hall–Kier alpha value is -1.54. The van der Waals surface area contributed by atoms with Crippen LogP contribution in [0.25, 0.3) is 0 Å². The van der Waals surface area contributed by atoms with Crippen molar-refractivity contribution in [2.24, 2.45) is 0 Å². The highest BCUT2D eigenvalue weighted by molar-refractivity contribution is 7.99. The molecule has 0 unspecified atom stereocenters. The number of nitrogens with zero attached hydrogens (tertiary/aromatic N) is 2. The lowest BCUT2D eigenvalue weighted by atomic mass is 10.4. The van der Waals surface area contributed by atoms with Gasteiger partial charge in [-0.25, -0.2) is 9.78 Å². The molecule has 1 fully saturated rings. The highest BCUT2D eigenvalue weighted by Crippen LogP contribution is 2.15. The predicted molar refractivity (Wildman–Crippen MR) is 72.7 cm³/mol. The number of esters is 1. The van der Waals surface area contributed by atoms with Crippen molar-refractivity contribution in [3.05, 3.63) is 11.9 Å². The van der Waals surface area contributed by atoms with E-state index in [-0.39, 0.29) is 11.7 Å². The molecule has 7 nitrogen and oxygen atoms in total. The Labute approximate surface area is 121 Å². The summed E-state index contributed by atoms with van der Waals surface area (Å²) in [5, 5.41) is 0.537. The van der Waals surface area contributed by atoms with Gasteiger partial charge in [-0.3, -0.25) is 4.79 Å². The Morgan fingerprint density at radius 1 is 1.50 bits per heavy atom. The van der Waals surface area contributed by atoms with Crippen LogP contribution in [0.5, 0.6) is 0 Å². The molecule has 1 saturated heterocycles. The summed E-state index contributed by atoms with van der Waals surface area (Å²) in [5.41, 5.74) is 0.299. The van der Waals surface area contributed by atoms with Crippen LogP contribution >= 0.6 is 11.8 Å². The SMILES string of the molecule is CCOC(=O)c1cnc(SCC(=O)N2CCOCC2)[nH]1. The molecule has 1 aliphatic heterocycles. The molecule has 1 amide bonds. The van der Waals surface area contributed by atoms with Gasteiger partial charge in [-0.05, 0) is 6.92 Å². The highest BCUT2D eigenvalue weighted by Gasteiger charge is 2.18. The number of hydrogen-bond acceptors (Lipinski definition) is 6. The van der Waals surface area contributed by atoms with Gasteiger partial charge in [0.15, 0.2) is 5.16 Å². The third-order valence-electron chi connectivity index (χ3n) is 2.74. The number of aromatic amines is 1. The van der Waals surface area contributed by atoms with Gasteiger partial charge in [0.05, 0.1) is 31.8 Å². The Morgan fingerprint density at radius 3 is 2.95 bits per heavy atom. The van der Waals surface area contributed by atoms with Crippen molar-refractivity contribution >= 4 is 23.6 Å². The quantitative estimate of drug-likeness (QED) is 0.631. The first-order chi connectivity index (χ1) is 9.70. The van der Waals surface area contributed by atoms with Crippen LogP contribution in [-0.2, 0) is 14.3 Å². The number of carbonyl (C=O) groups is 2. The van der Waals surface area contributed by atoms with E-state index in [4.69, 9.17) is 9.47 Å². The van der Waals surface area contributed by atoms with Crippen LogP contribution in [0.1, 0.15) is 17.4 Å². The minimum atomic E-state index is -0.439. The zero-order valence-corrected chi connectivity index (χ0v) is 12.1. The Balaban J connectivity index is 1.81. The molecule has 1 aliphatic rings. The van der Waals surface area contributed by atoms with Crippen molar-refractivity contribution in [3.8, 4) is 0 Å². The van der Waals surface area contributed by atoms with Crippen molar-refractivity contribution < 1.29 is 19.1 Å². The molecule has 0 spiro atoms. The van der Waals surface area contributed by atoms with E-state index in [1.54, 1.807) is 11.8 Å². The van der Waals surface area contributed by atoms with Gasteiger partial charge in [-0.2, -0.15) is 0 Å². The van der Waals surface area contributed by atoms with Gasteiger partial charge in [0.1, 0.15) is 5.69 Å². The number of imidazole rings is 1. The predicted octanol–water partition coefficient (Wildman–Crippen LogP) is 0.537. The fraction of sp³-hybridized carbons (Fsp3) is 0.583. The average molecular weight is 299 g/mol. The highest BCUT2D eigenvalue weighted by atomic mass is 32.2. The smallest absolute Gasteiger partial charge is 0.356 e. The third kappa shape index (κ3) is 3.97. The summed E-state index contributed by atoms with van der Waals surface area (Å²) in [7, 11) is 0. The molecule has 2 heterocycles. The molecule has 8 heteroatoms. The number of aromatic nitrogens is 2. The van der Waals surface area contributed by atoms with Crippen molar-refractivity contribution in [2.45, 2.75) is 12.1 Å². The molecule has 110 valence electrons. The number of carbonyl (C=O) groups excluding carboxylic acids is 2. The van der Waals surface area contributed by atoms with Crippen molar-refractivity contribution in [1.82, 2.24) is 14.9 Å². The van der Waals surface area contributed by atoms with Crippen LogP contribution in [0.3, 0.4) is 0 Å². The van der Waals surface area contributed by atoms with Crippen molar-refractivity contribution in [2.75, 3.05) is 38.7 Å². The van der Waals surface area contributed by atoms with Gasteiger partial charge < -0.3 is 19.4 Å². The lowest BCUT2D eigenvalue weighted by Gasteiger charge is -2.26. The fourth-order valence-electron chi connectivity index (χ4n) is 1.72. The summed E-state index contributed by atoms with van der Waals surface area (Å²) in [5.74, 6) is -0.103. The summed E-state index contributed by atoms with van der Waals surface area (Å²) in [6.07, 6.45) is 1.42. The molecular formula is C12H17N3O4S. The Bertz CT molecular complexity index is 471. The molecule has 0 radical (unpaired) electrons. The molecule has 1 N–H and O–H groups in total. The van der Waals surface area contributed by atoms with Gasteiger partial charge >= 0.3 is 5.97 Å². The van der Waals surface area contributed by atoms with Gasteiger partial charge in [0.25, 0.3) is 0 Å². The van der Waals surface area contributed by atoms with E-state index < -0.39 is 5.97 Å². The minimum absolute atomic E-state index is 0.0485. The topological polar surface area (TPSA) is 84.5 Å². The standard InChI is InChI=1S/C12H17N3O4S/c1-2-19-11(17)9-7-13-12(14-9)20-8-10(16)15-3-5-18-6-4-15/h7H,2-6,8H2,1H3,(H,13,14). The zero-order chi connectivity index (χ0) is 14.4. The lowest BCUT2D eigenvalue weighted by molar-refractivity contribution is -0.132. The minimum Gasteiger partial charge on any atom is -0.461 e. The van der Waals surface area contributed by atoms with E-state index in [1.807, 2.05) is 0 Å². The summed E-state index contributed by atoms with van der Waals surface area (Å²) in [6, 6.07) is 0. The van der Waals surface area contributed by atoms with E-state index in [2.05, 4.69) is 9.97 Å². The largest absolute Gasteiger partial charge is 0.461 e. The van der Waals surface area contributed by atoms with E-state index in [1.165, 1.54) is 18.0 Å². The van der Waals surface area contributed by atoms with Crippen LogP contribution in [0.15, 0.2) is 11.4 Å². The number of nitrogens with one attached hydrogen (secondary N) is 1. The number of morpholine rings is 1. The van der Waals surface area contributed by atoms with Crippen molar-refractivity contribution in [1.29, 1.82) is 0 Å². The van der Waals surface area contributed by atoms with Gasteiger partial charge in [-0.15, -0.1) is 0 Å². The molecule has 0 aliphatic carbocycles. The Morgan fingerprint density at radius 2 is 2.25 bits per heavy atom.